The number of aromatic hydroxyl groups is 1. The molecule has 0 amide bonds. The number of hydrogen-bond donors (Lipinski definition) is 1. The van der Waals surface area contributed by atoms with Gasteiger partial charge in [-0.05, 0) is 55.3 Å². The van der Waals surface area contributed by atoms with Crippen LogP contribution in [0.3, 0.4) is 0 Å². The lowest BCUT2D eigenvalue weighted by atomic mass is 9.92. The number of aromatic nitrogens is 3. The zero-order valence-electron chi connectivity index (χ0n) is 21.7. The smallest absolute Gasteiger partial charge is 0.265 e. The summed E-state index contributed by atoms with van der Waals surface area (Å²) in [6.07, 6.45) is 1.62. The van der Waals surface area contributed by atoms with Crippen LogP contribution in [0.1, 0.15) is 43.2 Å². The van der Waals surface area contributed by atoms with Crippen molar-refractivity contribution in [1.82, 2.24) is 14.3 Å². The number of nitrogens with zero attached hydrogens (tertiary/aromatic N) is 4. The maximum absolute atomic E-state index is 13.5. The number of fused-ring (bicyclic) bond motifs is 1. The lowest BCUT2D eigenvalue weighted by molar-refractivity contribution is 0.436. The Morgan fingerprint density at radius 3 is 2.19 bits per heavy atom. The van der Waals surface area contributed by atoms with Crippen LogP contribution in [-0.2, 0) is 5.41 Å². The van der Waals surface area contributed by atoms with Gasteiger partial charge in [0.15, 0.2) is 5.82 Å². The molecular weight excluding hydrogens is 460 g/mol. The molecule has 0 unspecified atom stereocenters. The van der Waals surface area contributed by atoms with Crippen LogP contribution in [0.15, 0.2) is 88.6 Å². The zero-order chi connectivity index (χ0) is 26.3. The van der Waals surface area contributed by atoms with E-state index >= 15 is 0 Å². The van der Waals surface area contributed by atoms with Gasteiger partial charge in [0.2, 0.25) is 5.88 Å². The summed E-state index contributed by atoms with van der Waals surface area (Å²) in [6.45, 7) is 10.3. The summed E-state index contributed by atoms with van der Waals surface area (Å²) < 4.78 is 3.15. The fourth-order valence-corrected chi connectivity index (χ4v) is 4.31. The molecule has 6 heteroatoms. The highest BCUT2D eigenvalue weighted by Gasteiger charge is 2.21. The molecule has 0 radical (unpaired) electrons. The highest BCUT2D eigenvalue weighted by atomic mass is 16.3. The van der Waals surface area contributed by atoms with E-state index in [9.17, 15) is 9.90 Å². The molecule has 37 heavy (non-hydrogen) atoms. The number of benzene rings is 3. The molecule has 186 valence electrons. The van der Waals surface area contributed by atoms with Crippen molar-refractivity contribution >= 4 is 22.8 Å². The van der Waals surface area contributed by atoms with Gasteiger partial charge in [-0.1, -0.05) is 63.2 Å². The topological polar surface area (TPSA) is 72.4 Å². The summed E-state index contributed by atoms with van der Waals surface area (Å²) in [5.74, 6) is 0.473. The fraction of sp³-hybridized carbons (Fsp3) is 0.194. The molecule has 1 N–H and O–H groups in total. The van der Waals surface area contributed by atoms with E-state index in [0.29, 0.717) is 27.8 Å². The van der Waals surface area contributed by atoms with Crippen LogP contribution in [0, 0.1) is 13.8 Å². The molecule has 0 saturated heterocycles. The highest BCUT2D eigenvalue weighted by molar-refractivity contribution is 6.02. The minimum atomic E-state index is -0.280. The van der Waals surface area contributed by atoms with Crippen molar-refractivity contribution in [3.63, 3.8) is 0 Å². The van der Waals surface area contributed by atoms with Gasteiger partial charge in [-0.25, -0.2) is 14.2 Å². The lowest BCUT2D eigenvalue weighted by Gasteiger charge is -2.15. The number of aryl methyl sites for hydroxylation is 2. The molecule has 2 aromatic heterocycles. The Morgan fingerprint density at radius 2 is 1.51 bits per heavy atom. The molecule has 3 aromatic carbocycles. The normalized spacial score (nSPS) is 12.0. The van der Waals surface area contributed by atoms with E-state index in [0.717, 1.165) is 22.5 Å². The minimum absolute atomic E-state index is 0.155. The Morgan fingerprint density at radius 1 is 0.838 bits per heavy atom. The number of pyridine rings is 1. The van der Waals surface area contributed by atoms with Gasteiger partial charge in [0.05, 0.1) is 22.6 Å². The van der Waals surface area contributed by atoms with E-state index in [2.05, 4.69) is 20.8 Å². The van der Waals surface area contributed by atoms with Crippen LogP contribution >= 0.6 is 0 Å². The molecule has 5 aromatic rings. The van der Waals surface area contributed by atoms with Crippen molar-refractivity contribution in [2.24, 2.45) is 4.99 Å². The summed E-state index contributed by atoms with van der Waals surface area (Å²) in [6, 6.07) is 24.8. The first-order chi connectivity index (χ1) is 17.6. The van der Waals surface area contributed by atoms with Crippen molar-refractivity contribution in [2.75, 3.05) is 0 Å². The predicted octanol–water partition coefficient (Wildman–Crippen LogP) is 6.55. The maximum Gasteiger partial charge on any atom is 0.265 e. The maximum atomic E-state index is 13.5. The summed E-state index contributed by atoms with van der Waals surface area (Å²) >= 11 is 0. The third-order valence-corrected chi connectivity index (χ3v) is 6.64. The summed E-state index contributed by atoms with van der Waals surface area (Å²) in [7, 11) is 0. The van der Waals surface area contributed by atoms with Crippen molar-refractivity contribution in [2.45, 2.75) is 40.0 Å². The summed E-state index contributed by atoms with van der Waals surface area (Å²) in [5.41, 5.74) is 4.56. The molecule has 5 rings (SSSR count). The Hall–Kier alpha value is -4.45. The molecule has 0 bridgehead atoms. The van der Waals surface area contributed by atoms with E-state index in [4.69, 9.17) is 10.1 Å². The molecule has 0 aliphatic heterocycles. The van der Waals surface area contributed by atoms with Crippen LogP contribution in [0.5, 0.6) is 5.88 Å². The average molecular weight is 491 g/mol. The van der Waals surface area contributed by atoms with Crippen molar-refractivity contribution < 1.29 is 5.11 Å². The molecule has 0 saturated carbocycles. The lowest BCUT2D eigenvalue weighted by Crippen LogP contribution is -2.20. The fourth-order valence-electron chi connectivity index (χ4n) is 4.31. The first kappa shape index (κ1) is 24.3. The molecule has 0 fully saturated rings. The number of hydrogen-bond acceptors (Lipinski definition) is 4. The van der Waals surface area contributed by atoms with Gasteiger partial charge in [-0.3, -0.25) is 4.79 Å². The largest absolute Gasteiger partial charge is 0.494 e. The second-order valence-electron chi connectivity index (χ2n) is 10.3. The summed E-state index contributed by atoms with van der Waals surface area (Å²) in [5, 5.41) is 17.4. The molecule has 0 aliphatic carbocycles. The van der Waals surface area contributed by atoms with Crippen LogP contribution in [0.4, 0.5) is 5.82 Å². The first-order valence-electron chi connectivity index (χ1n) is 12.3. The third-order valence-electron chi connectivity index (χ3n) is 6.64. The number of aliphatic imine (C=N–C) groups is 1. The van der Waals surface area contributed by atoms with E-state index in [1.807, 2.05) is 86.6 Å². The third kappa shape index (κ3) is 4.47. The highest BCUT2D eigenvalue weighted by Crippen LogP contribution is 2.30. The van der Waals surface area contributed by atoms with Crippen molar-refractivity contribution in [3.05, 3.63) is 112 Å². The quantitative estimate of drug-likeness (QED) is 0.291. The van der Waals surface area contributed by atoms with Crippen LogP contribution in [-0.4, -0.2) is 25.7 Å². The molecular formula is C31H30N4O2. The van der Waals surface area contributed by atoms with Gasteiger partial charge >= 0.3 is 0 Å². The van der Waals surface area contributed by atoms with Gasteiger partial charge < -0.3 is 5.11 Å². The molecule has 0 atom stereocenters. The number of rotatable bonds is 4. The predicted molar refractivity (Wildman–Crippen MR) is 150 cm³/mol. The van der Waals surface area contributed by atoms with Crippen LogP contribution in [0.25, 0.3) is 22.1 Å². The average Bonchev–Trinajstić information content (AvgIpc) is 3.32. The number of para-hydroxylation sites is 1. The van der Waals surface area contributed by atoms with Crippen molar-refractivity contribution in [1.29, 1.82) is 0 Å². The van der Waals surface area contributed by atoms with Crippen LogP contribution < -0.4 is 5.56 Å². The zero-order valence-corrected chi connectivity index (χ0v) is 21.7. The second kappa shape index (κ2) is 9.21. The van der Waals surface area contributed by atoms with E-state index in [1.54, 1.807) is 17.0 Å². The van der Waals surface area contributed by atoms with Gasteiger partial charge in [-0.15, -0.1) is 0 Å². The Kier molecular flexibility index (Phi) is 6.04. The van der Waals surface area contributed by atoms with Crippen LogP contribution in [0.2, 0.25) is 0 Å². The SMILES string of the molecule is Cc1ccc(-n2c(O)c(C=Nc3cc(C(C)(C)C)nn3-c3ccccc3)c3ccccc3c2=O)cc1C. The monoisotopic (exact) mass is 490 g/mol. The Bertz CT molecular complexity index is 1700. The standard InChI is InChI=1S/C31H30N4O2/c1-20-15-16-23(17-21(20)2)34-29(36)25-14-10-9-13-24(25)26(30(34)37)19-32-28-18-27(31(3,4)5)33-35(28)22-11-7-6-8-12-22/h6-19,37H,1-5H3. The molecule has 0 aliphatic rings. The Balaban J connectivity index is 1.73. The van der Waals surface area contributed by atoms with Gasteiger partial charge in [-0.2, -0.15) is 5.10 Å². The van der Waals surface area contributed by atoms with Gasteiger partial charge in [0.1, 0.15) is 0 Å². The van der Waals surface area contributed by atoms with E-state index < -0.39 is 0 Å². The van der Waals surface area contributed by atoms with E-state index in [-0.39, 0.29) is 16.9 Å². The minimum Gasteiger partial charge on any atom is -0.494 e. The first-order valence-corrected chi connectivity index (χ1v) is 12.3. The summed E-state index contributed by atoms with van der Waals surface area (Å²) in [4.78, 5) is 18.3. The van der Waals surface area contributed by atoms with Gasteiger partial charge in [0.25, 0.3) is 5.56 Å². The van der Waals surface area contributed by atoms with Crippen molar-refractivity contribution in [3.8, 4) is 17.3 Å². The molecule has 0 spiro atoms. The Labute approximate surface area is 216 Å². The van der Waals surface area contributed by atoms with E-state index in [1.165, 1.54) is 4.57 Å². The second-order valence-corrected chi connectivity index (χ2v) is 10.3. The molecule has 6 nitrogen and oxygen atoms in total. The van der Waals surface area contributed by atoms with Gasteiger partial charge in [0, 0.05) is 28.5 Å². The molecule has 2 heterocycles.